The maximum Gasteiger partial charge on any atom is 0.314 e. The molecule has 0 aromatic rings. The van der Waals surface area contributed by atoms with Gasteiger partial charge in [-0.2, -0.15) is 0 Å². The van der Waals surface area contributed by atoms with Gasteiger partial charge in [0.15, 0.2) is 0 Å². The van der Waals surface area contributed by atoms with Gasteiger partial charge in [0, 0.05) is 23.7 Å². The number of carbonyl (C=O) groups excluding carboxylic acids is 1. The van der Waals surface area contributed by atoms with E-state index in [4.69, 9.17) is 0 Å². The number of likely N-dealkylation sites (tertiary alicyclic amines) is 1. The highest BCUT2D eigenvalue weighted by Gasteiger charge is 2.45. The standard InChI is InChI=1S/C20H41N3O/c1-7-9-10-11-12-13-14-23-19(3,4)15-17(16-20(23,5)6)22-18(24)21-8-2/h17H,7-16H2,1-6H3,(H2,21,22,24). The molecule has 142 valence electrons. The third-order valence-electron chi connectivity index (χ3n) is 5.36. The Morgan fingerprint density at radius 3 is 2.04 bits per heavy atom. The van der Waals surface area contributed by atoms with E-state index in [9.17, 15) is 4.79 Å². The molecule has 0 bridgehead atoms. The molecule has 1 heterocycles. The summed E-state index contributed by atoms with van der Waals surface area (Å²) >= 11 is 0. The summed E-state index contributed by atoms with van der Waals surface area (Å²) in [7, 11) is 0. The summed E-state index contributed by atoms with van der Waals surface area (Å²) in [6.07, 6.45) is 10.1. The Balaban J connectivity index is 2.54. The van der Waals surface area contributed by atoms with Crippen LogP contribution >= 0.6 is 0 Å². The van der Waals surface area contributed by atoms with Crippen molar-refractivity contribution in [3.8, 4) is 0 Å². The molecule has 1 saturated heterocycles. The van der Waals surface area contributed by atoms with Crippen molar-refractivity contribution in [3.05, 3.63) is 0 Å². The molecule has 4 nitrogen and oxygen atoms in total. The van der Waals surface area contributed by atoms with Crippen LogP contribution in [0, 0.1) is 0 Å². The lowest BCUT2D eigenvalue weighted by Gasteiger charge is -2.55. The number of piperidine rings is 1. The molecule has 0 atom stereocenters. The van der Waals surface area contributed by atoms with Crippen molar-refractivity contribution in [3.63, 3.8) is 0 Å². The summed E-state index contributed by atoms with van der Waals surface area (Å²) in [6.45, 7) is 15.4. The topological polar surface area (TPSA) is 44.4 Å². The van der Waals surface area contributed by atoms with Crippen molar-refractivity contribution in [1.82, 2.24) is 15.5 Å². The number of carbonyl (C=O) groups is 1. The second kappa shape index (κ2) is 9.65. The van der Waals surface area contributed by atoms with Crippen LogP contribution in [0.4, 0.5) is 4.79 Å². The van der Waals surface area contributed by atoms with E-state index in [-0.39, 0.29) is 23.2 Å². The first-order valence-corrected chi connectivity index (χ1v) is 10.0. The van der Waals surface area contributed by atoms with Crippen molar-refractivity contribution in [1.29, 1.82) is 0 Å². The van der Waals surface area contributed by atoms with E-state index in [1.807, 2.05) is 6.92 Å². The molecular formula is C20H41N3O. The molecule has 4 heteroatoms. The van der Waals surface area contributed by atoms with Crippen LogP contribution in [-0.4, -0.2) is 41.1 Å². The van der Waals surface area contributed by atoms with Crippen LogP contribution in [-0.2, 0) is 0 Å². The Bertz CT molecular complexity index is 361. The van der Waals surface area contributed by atoms with Crippen LogP contribution in [0.3, 0.4) is 0 Å². The van der Waals surface area contributed by atoms with Crippen LogP contribution in [0.25, 0.3) is 0 Å². The first-order chi connectivity index (χ1) is 11.2. The Morgan fingerprint density at radius 2 is 1.50 bits per heavy atom. The molecule has 0 aliphatic carbocycles. The van der Waals surface area contributed by atoms with Crippen LogP contribution in [0.2, 0.25) is 0 Å². The lowest BCUT2D eigenvalue weighted by atomic mass is 9.76. The van der Waals surface area contributed by atoms with Crippen LogP contribution in [0.15, 0.2) is 0 Å². The molecule has 0 unspecified atom stereocenters. The monoisotopic (exact) mass is 339 g/mol. The molecule has 0 radical (unpaired) electrons. The molecule has 2 N–H and O–H groups in total. The maximum atomic E-state index is 11.9. The average Bonchev–Trinajstić information content (AvgIpc) is 2.43. The van der Waals surface area contributed by atoms with Crippen LogP contribution in [0.5, 0.6) is 0 Å². The molecule has 2 amide bonds. The fourth-order valence-electron chi connectivity index (χ4n) is 4.47. The normalized spacial score (nSPS) is 20.8. The maximum absolute atomic E-state index is 11.9. The number of nitrogens with zero attached hydrogens (tertiary/aromatic N) is 1. The fourth-order valence-corrected chi connectivity index (χ4v) is 4.47. The van der Waals surface area contributed by atoms with Crippen molar-refractivity contribution in [2.75, 3.05) is 13.1 Å². The number of amides is 2. The summed E-state index contributed by atoms with van der Waals surface area (Å²) < 4.78 is 0. The lowest BCUT2D eigenvalue weighted by Crippen LogP contribution is -2.64. The molecule has 1 aliphatic heterocycles. The molecule has 1 aliphatic rings. The van der Waals surface area contributed by atoms with Gasteiger partial charge in [-0.3, -0.25) is 4.90 Å². The molecule has 0 aromatic carbocycles. The first-order valence-electron chi connectivity index (χ1n) is 10.0. The Morgan fingerprint density at radius 1 is 0.958 bits per heavy atom. The van der Waals surface area contributed by atoms with Crippen LogP contribution < -0.4 is 10.6 Å². The highest BCUT2D eigenvalue weighted by Crippen LogP contribution is 2.38. The van der Waals surface area contributed by atoms with Crippen molar-refractivity contribution in [2.45, 2.75) is 110 Å². The summed E-state index contributed by atoms with van der Waals surface area (Å²) in [5.74, 6) is 0. The second-order valence-corrected chi connectivity index (χ2v) is 8.65. The fraction of sp³-hybridized carbons (Fsp3) is 0.950. The van der Waals surface area contributed by atoms with Gasteiger partial charge in [0.1, 0.15) is 0 Å². The third kappa shape index (κ3) is 6.62. The third-order valence-corrected chi connectivity index (χ3v) is 5.36. The highest BCUT2D eigenvalue weighted by atomic mass is 16.2. The van der Waals surface area contributed by atoms with Gasteiger partial charge >= 0.3 is 6.03 Å². The minimum Gasteiger partial charge on any atom is -0.338 e. The van der Waals surface area contributed by atoms with Crippen molar-refractivity contribution < 1.29 is 4.79 Å². The van der Waals surface area contributed by atoms with Gasteiger partial charge < -0.3 is 10.6 Å². The van der Waals surface area contributed by atoms with E-state index in [1.165, 1.54) is 45.1 Å². The summed E-state index contributed by atoms with van der Waals surface area (Å²) in [5.41, 5.74) is 0.241. The van der Waals surface area contributed by atoms with Gasteiger partial charge in [0.05, 0.1) is 0 Å². The van der Waals surface area contributed by atoms with Gasteiger partial charge in [0.2, 0.25) is 0 Å². The number of hydrogen-bond acceptors (Lipinski definition) is 2. The molecule has 1 rings (SSSR count). The van der Waals surface area contributed by atoms with E-state index in [1.54, 1.807) is 0 Å². The number of unbranched alkanes of at least 4 members (excludes halogenated alkanes) is 5. The molecule has 0 aromatic heterocycles. The highest BCUT2D eigenvalue weighted by molar-refractivity contribution is 5.74. The first kappa shape index (κ1) is 21.3. The summed E-state index contributed by atoms with van der Waals surface area (Å²) in [5, 5.41) is 6.02. The predicted molar refractivity (Wildman–Crippen MR) is 103 cm³/mol. The summed E-state index contributed by atoms with van der Waals surface area (Å²) in [4.78, 5) is 14.6. The van der Waals surface area contributed by atoms with Crippen molar-refractivity contribution in [2.24, 2.45) is 0 Å². The van der Waals surface area contributed by atoms with Gasteiger partial charge in [-0.1, -0.05) is 39.0 Å². The molecule has 1 fully saturated rings. The number of urea groups is 1. The quantitative estimate of drug-likeness (QED) is 0.599. The Labute approximate surface area is 150 Å². The molecule has 24 heavy (non-hydrogen) atoms. The van der Waals surface area contributed by atoms with E-state index in [0.29, 0.717) is 6.54 Å². The van der Waals surface area contributed by atoms with E-state index >= 15 is 0 Å². The average molecular weight is 340 g/mol. The van der Waals surface area contributed by atoms with Gasteiger partial charge in [-0.15, -0.1) is 0 Å². The summed E-state index contributed by atoms with van der Waals surface area (Å²) in [6, 6.07) is 0.223. The minimum atomic E-state index is -0.0292. The molecule has 0 spiro atoms. The van der Waals surface area contributed by atoms with E-state index < -0.39 is 0 Å². The van der Waals surface area contributed by atoms with Gasteiger partial charge in [0.25, 0.3) is 0 Å². The molecular weight excluding hydrogens is 298 g/mol. The molecule has 0 saturated carbocycles. The number of hydrogen-bond donors (Lipinski definition) is 2. The lowest BCUT2D eigenvalue weighted by molar-refractivity contribution is -0.0394. The van der Waals surface area contributed by atoms with Crippen molar-refractivity contribution >= 4 is 6.03 Å². The van der Waals surface area contributed by atoms with Gasteiger partial charge in [-0.05, 0) is 60.4 Å². The smallest absolute Gasteiger partial charge is 0.314 e. The predicted octanol–water partition coefficient (Wildman–Crippen LogP) is 4.69. The zero-order valence-electron chi connectivity index (χ0n) is 17.0. The van der Waals surface area contributed by atoms with E-state index in [0.717, 1.165) is 12.8 Å². The minimum absolute atomic E-state index is 0.0292. The Hall–Kier alpha value is -0.770. The second-order valence-electron chi connectivity index (χ2n) is 8.65. The van der Waals surface area contributed by atoms with Crippen LogP contribution in [0.1, 0.15) is 92.9 Å². The SMILES string of the molecule is CCCCCCCCN1C(C)(C)CC(NC(=O)NCC)CC1(C)C. The zero-order valence-corrected chi connectivity index (χ0v) is 17.0. The van der Waals surface area contributed by atoms with Gasteiger partial charge in [-0.25, -0.2) is 4.79 Å². The number of rotatable bonds is 9. The number of nitrogens with one attached hydrogen (secondary N) is 2. The van der Waals surface area contributed by atoms with E-state index in [2.05, 4.69) is 50.2 Å². The zero-order chi connectivity index (χ0) is 18.2. The Kier molecular flexibility index (Phi) is 8.55. The largest absolute Gasteiger partial charge is 0.338 e.